The van der Waals surface area contributed by atoms with Gasteiger partial charge in [-0.15, -0.1) is 12.4 Å². The summed E-state index contributed by atoms with van der Waals surface area (Å²) in [6, 6.07) is 6.32. The van der Waals surface area contributed by atoms with E-state index in [1.165, 1.54) is 5.56 Å². The van der Waals surface area contributed by atoms with Crippen LogP contribution in [0.2, 0.25) is 5.02 Å². The molecule has 2 nitrogen and oxygen atoms in total. The van der Waals surface area contributed by atoms with E-state index in [2.05, 4.69) is 40.7 Å². The van der Waals surface area contributed by atoms with Crippen LogP contribution in [-0.4, -0.2) is 24.0 Å². The topological polar surface area (TPSA) is 29.3 Å². The highest BCUT2D eigenvalue weighted by Gasteiger charge is 2.33. The van der Waals surface area contributed by atoms with Crippen LogP contribution in [0.25, 0.3) is 0 Å². The molecule has 0 aromatic heterocycles. The third-order valence-electron chi connectivity index (χ3n) is 3.79. The Morgan fingerprint density at radius 2 is 2.16 bits per heavy atom. The Kier molecular flexibility index (Phi) is 6.15. The summed E-state index contributed by atoms with van der Waals surface area (Å²) in [5.74, 6) is 0. The molecule has 1 aromatic rings. The maximum Gasteiger partial charge on any atom is 0.0451 e. The predicted molar refractivity (Wildman–Crippen MR) is 88.1 cm³/mol. The smallest absolute Gasteiger partial charge is 0.0451 e. The van der Waals surface area contributed by atoms with Gasteiger partial charge in [0, 0.05) is 35.2 Å². The first-order valence-electron chi connectivity index (χ1n) is 6.30. The number of piperidine rings is 1. The van der Waals surface area contributed by atoms with Crippen LogP contribution >= 0.6 is 39.9 Å². The number of benzene rings is 1. The minimum absolute atomic E-state index is 0. The molecule has 2 rings (SSSR count). The molecule has 1 aliphatic rings. The minimum atomic E-state index is 0. The van der Waals surface area contributed by atoms with Gasteiger partial charge < -0.3 is 5.73 Å². The van der Waals surface area contributed by atoms with E-state index in [1.54, 1.807) is 0 Å². The lowest BCUT2D eigenvalue weighted by atomic mass is 9.79. The van der Waals surface area contributed by atoms with Gasteiger partial charge in [0.25, 0.3) is 0 Å². The molecule has 1 atom stereocenters. The Labute approximate surface area is 135 Å². The number of rotatable bonds is 2. The summed E-state index contributed by atoms with van der Waals surface area (Å²) in [4.78, 5) is 2.44. The van der Waals surface area contributed by atoms with Crippen molar-refractivity contribution in [3.05, 3.63) is 33.3 Å². The van der Waals surface area contributed by atoms with Crippen LogP contribution in [0.1, 0.15) is 25.8 Å². The number of likely N-dealkylation sites (tertiary alicyclic amines) is 1. The summed E-state index contributed by atoms with van der Waals surface area (Å²) in [5, 5.41) is 0.839. The van der Waals surface area contributed by atoms with Gasteiger partial charge in [-0.3, -0.25) is 4.90 Å². The second kappa shape index (κ2) is 6.77. The van der Waals surface area contributed by atoms with Gasteiger partial charge >= 0.3 is 0 Å². The van der Waals surface area contributed by atoms with Gasteiger partial charge in [0.05, 0.1) is 0 Å². The minimum Gasteiger partial charge on any atom is -0.327 e. The van der Waals surface area contributed by atoms with E-state index in [1.807, 2.05) is 12.1 Å². The molecule has 1 saturated heterocycles. The zero-order chi connectivity index (χ0) is 13.3. The van der Waals surface area contributed by atoms with E-state index in [9.17, 15) is 0 Å². The molecule has 1 aliphatic heterocycles. The van der Waals surface area contributed by atoms with Crippen molar-refractivity contribution in [2.75, 3.05) is 13.1 Å². The molecule has 0 aliphatic carbocycles. The van der Waals surface area contributed by atoms with Crippen LogP contribution in [0.4, 0.5) is 0 Å². The van der Waals surface area contributed by atoms with Gasteiger partial charge in [0.15, 0.2) is 0 Å². The van der Waals surface area contributed by atoms with Crippen molar-refractivity contribution in [1.82, 2.24) is 4.90 Å². The summed E-state index contributed by atoms with van der Waals surface area (Å²) < 4.78 is 1.08. The fourth-order valence-corrected chi connectivity index (χ4v) is 3.11. The zero-order valence-corrected chi connectivity index (χ0v) is 14.5. The Morgan fingerprint density at radius 1 is 1.47 bits per heavy atom. The first-order chi connectivity index (χ1) is 8.38. The molecule has 1 heterocycles. The monoisotopic (exact) mass is 366 g/mol. The number of hydrogen-bond acceptors (Lipinski definition) is 2. The number of nitrogens with zero attached hydrogens (tertiary/aromatic N) is 1. The van der Waals surface area contributed by atoms with Crippen molar-refractivity contribution in [2.24, 2.45) is 11.1 Å². The summed E-state index contributed by atoms with van der Waals surface area (Å²) in [6.07, 6.45) is 1.05. The molecule has 0 saturated carbocycles. The summed E-state index contributed by atoms with van der Waals surface area (Å²) in [7, 11) is 0. The second-order valence-corrected chi connectivity index (χ2v) is 7.15. The average molecular weight is 368 g/mol. The molecule has 0 radical (unpaired) electrons. The van der Waals surface area contributed by atoms with Crippen molar-refractivity contribution in [2.45, 2.75) is 32.9 Å². The number of hydrogen-bond donors (Lipinski definition) is 1. The fraction of sp³-hybridized carbons (Fsp3) is 0.571. The van der Waals surface area contributed by atoms with Crippen molar-refractivity contribution in [3.63, 3.8) is 0 Å². The molecule has 1 fully saturated rings. The molecule has 1 unspecified atom stereocenters. The lowest BCUT2D eigenvalue weighted by Crippen LogP contribution is -2.52. The molecular weight excluding hydrogens is 347 g/mol. The number of nitrogens with two attached hydrogens (primary N) is 1. The Balaban J connectivity index is 0.00000180. The van der Waals surface area contributed by atoms with Crippen LogP contribution < -0.4 is 5.73 Å². The second-order valence-electron chi connectivity index (χ2n) is 5.83. The molecule has 0 amide bonds. The van der Waals surface area contributed by atoms with E-state index in [0.29, 0.717) is 6.04 Å². The zero-order valence-electron chi connectivity index (χ0n) is 11.3. The van der Waals surface area contributed by atoms with Crippen LogP contribution in [0.3, 0.4) is 0 Å². The Hall–Kier alpha value is 0.200. The largest absolute Gasteiger partial charge is 0.327 e. The van der Waals surface area contributed by atoms with Gasteiger partial charge in [-0.1, -0.05) is 41.4 Å². The third-order valence-corrected chi connectivity index (χ3v) is 4.65. The van der Waals surface area contributed by atoms with Gasteiger partial charge in [-0.25, -0.2) is 0 Å². The maximum absolute atomic E-state index is 6.24. The maximum atomic E-state index is 6.24. The van der Waals surface area contributed by atoms with E-state index < -0.39 is 0 Å². The lowest BCUT2D eigenvalue weighted by Gasteiger charge is -2.42. The predicted octanol–water partition coefficient (Wildman–Crippen LogP) is 4.08. The van der Waals surface area contributed by atoms with Crippen LogP contribution in [0.5, 0.6) is 0 Å². The van der Waals surface area contributed by atoms with Gasteiger partial charge in [-0.05, 0) is 35.6 Å². The highest BCUT2D eigenvalue weighted by Crippen LogP contribution is 2.30. The first kappa shape index (κ1) is 17.3. The quantitative estimate of drug-likeness (QED) is 0.853. The Bertz CT molecular complexity index is 437. The van der Waals surface area contributed by atoms with Gasteiger partial charge in [0.2, 0.25) is 0 Å². The highest BCUT2D eigenvalue weighted by atomic mass is 79.9. The van der Waals surface area contributed by atoms with Gasteiger partial charge in [0.1, 0.15) is 0 Å². The molecule has 0 spiro atoms. The van der Waals surface area contributed by atoms with E-state index in [-0.39, 0.29) is 17.8 Å². The summed E-state index contributed by atoms with van der Waals surface area (Å²) in [6.45, 7) is 7.46. The van der Waals surface area contributed by atoms with Crippen molar-refractivity contribution in [3.8, 4) is 0 Å². The van der Waals surface area contributed by atoms with Gasteiger partial charge in [-0.2, -0.15) is 0 Å². The normalized spacial score (nSPS) is 22.9. The molecule has 2 N–H and O–H groups in total. The summed E-state index contributed by atoms with van der Waals surface area (Å²) >= 11 is 9.74. The summed E-state index contributed by atoms with van der Waals surface area (Å²) in [5.41, 5.74) is 7.52. The molecule has 19 heavy (non-hydrogen) atoms. The van der Waals surface area contributed by atoms with E-state index >= 15 is 0 Å². The fourth-order valence-electron chi connectivity index (χ4n) is 2.53. The van der Waals surface area contributed by atoms with E-state index in [0.717, 1.165) is 35.6 Å². The molecule has 5 heteroatoms. The first-order valence-corrected chi connectivity index (χ1v) is 7.47. The molecule has 108 valence electrons. The number of halogens is 3. The van der Waals surface area contributed by atoms with Crippen molar-refractivity contribution < 1.29 is 0 Å². The highest BCUT2D eigenvalue weighted by molar-refractivity contribution is 9.10. The average Bonchev–Trinajstić information content (AvgIpc) is 2.28. The van der Waals surface area contributed by atoms with Crippen LogP contribution in [0, 0.1) is 5.41 Å². The van der Waals surface area contributed by atoms with Crippen LogP contribution in [-0.2, 0) is 6.54 Å². The Morgan fingerprint density at radius 3 is 2.79 bits per heavy atom. The lowest BCUT2D eigenvalue weighted by molar-refractivity contribution is 0.0899. The molecule has 1 aromatic carbocycles. The third kappa shape index (κ3) is 4.33. The van der Waals surface area contributed by atoms with E-state index in [4.69, 9.17) is 17.3 Å². The SMILES string of the molecule is CC1(C)CN(Cc2cc(Br)ccc2Cl)CCC1N.Cl. The molecular formula is C14H21BrCl2N2. The van der Waals surface area contributed by atoms with Crippen LogP contribution in [0.15, 0.2) is 22.7 Å². The van der Waals surface area contributed by atoms with Crippen molar-refractivity contribution in [1.29, 1.82) is 0 Å². The standard InChI is InChI=1S/C14H20BrClN2.ClH/c1-14(2)9-18(6-5-13(14)17)8-10-7-11(15)3-4-12(10)16;/h3-4,7,13H,5-6,8-9,17H2,1-2H3;1H. The van der Waals surface area contributed by atoms with Crippen molar-refractivity contribution >= 4 is 39.9 Å². The molecule has 0 bridgehead atoms.